The van der Waals surface area contributed by atoms with Crippen LogP contribution in [0.1, 0.15) is 25.0 Å². The summed E-state index contributed by atoms with van der Waals surface area (Å²) in [7, 11) is 0. The molecule has 1 aromatic carbocycles. The van der Waals surface area contributed by atoms with Crippen LogP contribution in [-0.4, -0.2) is 0 Å². The van der Waals surface area contributed by atoms with Crippen LogP contribution < -0.4 is 0 Å². The number of aryl methyl sites for hydroxylation is 1. The lowest BCUT2D eigenvalue weighted by Gasteiger charge is -2.07. The standard InChI is InChI=1S/C15H18/c1-5-6-9-12(2)14(4)15-11-8-7-10-13(15)3/h5-11H,1H2,2-4H3. The SMILES string of the molecule is C=CC=CC(C)=C(C)c1ccccc1C. The van der Waals surface area contributed by atoms with Crippen LogP contribution in [0.2, 0.25) is 0 Å². The molecular formula is C15H18. The van der Waals surface area contributed by atoms with Gasteiger partial charge in [0.15, 0.2) is 0 Å². The summed E-state index contributed by atoms with van der Waals surface area (Å²) in [5.74, 6) is 0. The number of rotatable bonds is 3. The van der Waals surface area contributed by atoms with E-state index in [-0.39, 0.29) is 0 Å². The highest BCUT2D eigenvalue weighted by molar-refractivity contribution is 5.70. The van der Waals surface area contributed by atoms with E-state index in [4.69, 9.17) is 0 Å². The van der Waals surface area contributed by atoms with E-state index >= 15 is 0 Å². The monoisotopic (exact) mass is 198 g/mol. The van der Waals surface area contributed by atoms with Crippen molar-refractivity contribution in [3.8, 4) is 0 Å². The summed E-state index contributed by atoms with van der Waals surface area (Å²) < 4.78 is 0. The minimum Gasteiger partial charge on any atom is -0.0991 e. The maximum absolute atomic E-state index is 3.67. The number of hydrogen-bond donors (Lipinski definition) is 0. The topological polar surface area (TPSA) is 0 Å². The van der Waals surface area contributed by atoms with E-state index in [0.717, 1.165) is 0 Å². The normalized spacial score (nSPS) is 12.7. The molecule has 0 N–H and O–H groups in total. The molecule has 0 radical (unpaired) electrons. The van der Waals surface area contributed by atoms with Crippen LogP contribution in [0.15, 0.2) is 54.6 Å². The van der Waals surface area contributed by atoms with Gasteiger partial charge in [-0.25, -0.2) is 0 Å². The van der Waals surface area contributed by atoms with E-state index in [2.05, 4.69) is 57.7 Å². The molecule has 0 fully saturated rings. The van der Waals surface area contributed by atoms with E-state index < -0.39 is 0 Å². The Bertz CT molecular complexity index is 406. The first-order valence-electron chi connectivity index (χ1n) is 5.19. The smallest absolute Gasteiger partial charge is 0.0195 e. The van der Waals surface area contributed by atoms with Gasteiger partial charge in [-0.3, -0.25) is 0 Å². The van der Waals surface area contributed by atoms with Crippen LogP contribution in [0.4, 0.5) is 0 Å². The fraction of sp³-hybridized carbons (Fsp3) is 0.200. The van der Waals surface area contributed by atoms with Crippen molar-refractivity contribution in [1.29, 1.82) is 0 Å². The van der Waals surface area contributed by atoms with Crippen LogP contribution in [0.5, 0.6) is 0 Å². The fourth-order valence-corrected chi connectivity index (χ4v) is 1.54. The molecule has 0 aromatic heterocycles. The summed E-state index contributed by atoms with van der Waals surface area (Å²) in [4.78, 5) is 0. The third kappa shape index (κ3) is 2.95. The molecule has 0 amide bonds. The highest BCUT2D eigenvalue weighted by Gasteiger charge is 2.00. The quantitative estimate of drug-likeness (QED) is 0.626. The molecule has 1 aromatic rings. The first kappa shape index (κ1) is 11.5. The van der Waals surface area contributed by atoms with Crippen molar-refractivity contribution in [2.45, 2.75) is 20.8 Å². The van der Waals surface area contributed by atoms with Gasteiger partial charge < -0.3 is 0 Å². The Morgan fingerprint density at radius 3 is 2.47 bits per heavy atom. The predicted molar refractivity (Wildman–Crippen MR) is 68.8 cm³/mol. The van der Waals surface area contributed by atoms with Gasteiger partial charge in [-0.2, -0.15) is 0 Å². The van der Waals surface area contributed by atoms with Crippen molar-refractivity contribution in [1.82, 2.24) is 0 Å². The average Bonchev–Trinajstić information content (AvgIpc) is 2.25. The first-order chi connectivity index (χ1) is 7.16. The predicted octanol–water partition coefficient (Wildman–Crippen LogP) is 4.53. The molecule has 0 atom stereocenters. The Balaban J connectivity index is 3.13. The zero-order chi connectivity index (χ0) is 11.3. The molecule has 0 aliphatic heterocycles. The zero-order valence-corrected chi connectivity index (χ0v) is 9.75. The van der Waals surface area contributed by atoms with E-state index in [9.17, 15) is 0 Å². The molecule has 78 valence electrons. The molecular weight excluding hydrogens is 180 g/mol. The minimum atomic E-state index is 1.28. The number of hydrogen-bond acceptors (Lipinski definition) is 0. The lowest BCUT2D eigenvalue weighted by molar-refractivity contribution is 1.38. The van der Waals surface area contributed by atoms with Gasteiger partial charge in [0.2, 0.25) is 0 Å². The zero-order valence-electron chi connectivity index (χ0n) is 9.75. The Morgan fingerprint density at radius 2 is 1.87 bits per heavy atom. The molecule has 0 saturated carbocycles. The molecule has 0 bridgehead atoms. The summed E-state index contributed by atoms with van der Waals surface area (Å²) in [6.45, 7) is 10.1. The maximum atomic E-state index is 3.67. The van der Waals surface area contributed by atoms with Gasteiger partial charge in [-0.05, 0) is 43.0 Å². The van der Waals surface area contributed by atoms with E-state index in [0.29, 0.717) is 0 Å². The second kappa shape index (κ2) is 5.35. The van der Waals surface area contributed by atoms with E-state index in [1.165, 1.54) is 22.3 Å². The average molecular weight is 198 g/mol. The van der Waals surface area contributed by atoms with Gasteiger partial charge in [0.25, 0.3) is 0 Å². The van der Waals surface area contributed by atoms with Crippen molar-refractivity contribution in [3.05, 3.63) is 65.8 Å². The molecule has 1 rings (SSSR count). The Hall–Kier alpha value is -1.56. The molecule has 0 aliphatic carbocycles. The molecule has 0 heteroatoms. The third-order valence-corrected chi connectivity index (χ3v) is 2.62. The minimum absolute atomic E-state index is 1.28. The van der Waals surface area contributed by atoms with Crippen molar-refractivity contribution < 1.29 is 0 Å². The van der Waals surface area contributed by atoms with Crippen molar-refractivity contribution in [2.75, 3.05) is 0 Å². The second-order valence-electron chi connectivity index (χ2n) is 3.72. The molecule has 0 unspecified atom stereocenters. The van der Waals surface area contributed by atoms with Gasteiger partial charge in [-0.1, -0.05) is 49.1 Å². The number of allylic oxidation sites excluding steroid dienone is 5. The van der Waals surface area contributed by atoms with Crippen LogP contribution >= 0.6 is 0 Å². The van der Waals surface area contributed by atoms with Crippen molar-refractivity contribution in [3.63, 3.8) is 0 Å². The van der Waals surface area contributed by atoms with E-state index in [1.807, 2.05) is 6.08 Å². The highest BCUT2D eigenvalue weighted by Crippen LogP contribution is 2.21. The third-order valence-electron chi connectivity index (χ3n) is 2.62. The Morgan fingerprint density at radius 1 is 1.20 bits per heavy atom. The van der Waals surface area contributed by atoms with Crippen LogP contribution in [-0.2, 0) is 0 Å². The largest absolute Gasteiger partial charge is 0.0991 e. The Kier molecular flexibility index (Phi) is 4.11. The molecule has 0 heterocycles. The van der Waals surface area contributed by atoms with Crippen LogP contribution in [0, 0.1) is 6.92 Å². The fourth-order valence-electron chi connectivity index (χ4n) is 1.54. The van der Waals surface area contributed by atoms with Crippen molar-refractivity contribution >= 4 is 5.57 Å². The van der Waals surface area contributed by atoms with Gasteiger partial charge in [0.05, 0.1) is 0 Å². The van der Waals surface area contributed by atoms with Crippen LogP contribution in [0.3, 0.4) is 0 Å². The molecule has 0 aliphatic rings. The summed E-state index contributed by atoms with van der Waals surface area (Å²) in [6.07, 6.45) is 5.86. The summed E-state index contributed by atoms with van der Waals surface area (Å²) in [5, 5.41) is 0. The lowest BCUT2D eigenvalue weighted by Crippen LogP contribution is -1.87. The van der Waals surface area contributed by atoms with E-state index in [1.54, 1.807) is 6.08 Å². The van der Waals surface area contributed by atoms with Crippen molar-refractivity contribution in [2.24, 2.45) is 0 Å². The molecule has 0 spiro atoms. The van der Waals surface area contributed by atoms with Gasteiger partial charge in [0, 0.05) is 0 Å². The first-order valence-corrected chi connectivity index (χ1v) is 5.19. The summed E-state index contributed by atoms with van der Waals surface area (Å²) >= 11 is 0. The maximum Gasteiger partial charge on any atom is -0.0195 e. The molecule has 0 nitrogen and oxygen atoms in total. The molecule has 0 saturated heterocycles. The highest BCUT2D eigenvalue weighted by atomic mass is 14.1. The number of benzene rings is 1. The van der Waals surface area contributed by atoms with Gasteiger partial charge in [-0.15, -0.1) is 0 Å². The molecule has 15 heavy (non-hydrogen) atoms. The Labute approximate surface area is 92.6 Å². The summed E-state index contributed by atoms with van der Waals surface area (Å²) in [5.41, 5.74) is 5.25. The van der Waals surface area contributed by atoms with Crippen LogP contribution in [0.25, 0.3) is 5.57 Å². The second-order valence-corrected chi connectivity index (χ2v) is 3.72. The lowest BCUT2D eigenvalue weighted by atomic mass is 9.98. The summed E-state index contributed by atoms with van der Waals surface area (Å²) in [6, 6.07) is 8.45. The van der Waals surface area contributed by atoms with Gasteiger partial charge in [0.1, 0.15) is 0 Å². The van der Waals surface area contributed by atoms with Gasteiger partial charge >= 0.3 is 0 Å².